The molecule has 3 aromatic rings. The number of rotatable bonds is 9. The summed E-state index contributed by atoms with van der Waals surface area (Å²) in [5.74, 6) is 0.0915. The minimum atomic E-state index is -0.625. The first-order valence-corrected chi connectivity index (χ1v) is 9.23. The predicted octanol–water partition coefficient (Wildman–Crippen LogP) is 1.21. The summed E-state index contributed by atoms with van der Waals surface area (Å²) in [7, 11) is 1.55. The van der Waals surface area contributed by atoms with Crippen LogP contribution in [-0.2, 0) is 20.7 Å². The van der Waals surface area contributed by atoms with Gasteiger partial charge < -0.3 is 19.5 Å². The number of carbonyl (C=O) groups is 2. The lowest BCUT2D eigenvalue weighted by atomic mass is 10.1. The van der Waals surface area contributed by atoms with Crippen LogP contribution >= 0.6 is 0 Å². The second-order valence-electron chi connectivity index (χ2n) is 6.23. The molecule has 156 valence electrons. The number of H-pyrrole nitrogens is 1. The number of nitrogens with one attached hydrogen (secondary N) is 2. The van der Waals surface area contributed by atoms with Crippen LogP contribution < -0.4 is 20.3 Å². The molecule has 3 rings (SSSR count). The van der Waals surface area contributed by atoms with Crippen LogP contribution in [0.25, 0.3) is 10.8 Å². The lowest BCUT2D eigenvalue weighted by molar-refractivity contribution is -0.147. The van der Waals surface area contributed by atoms with Gasteiger partial charge in [0.15, 0.2) is 18.1 Å². The second kappa shape index (κ2) is 10.1. The van der Waals surface area contributed by atoms with E-state index in [0.29, 0.717) is 28.0 Å². The van der Waals surface area contributed by atoms with E-state index in [9.17, 15) is 14.4 Å². The first-order chi connectivity index (χ1) is 14.6. The van der Waals surface area contributed by atoms with Gasteiger partial charge in [-0.1, -0.05) is 30.3 Å². The largest absolute Gasteiger partial charge is 0.493 e. The Hall–Kier alpha value is -3.88. The normalized spacial score (nSPS) is 10.4. The molecule has 0 saturated heterocycles. The minimum absolute atomic E-state index is 0.165. The maximum absolute atomic E-state index is 12.1. The molecule has 1 aromatic heterocycles. The topological polar surface area (TPSA) is 120 Å². The zero-order chi connectivity index (χ0) is 21.3. The molecule has 0 fully saturated rings. The molecule has 1 amide bonds. The summed E-state index contributed by atoms with van der Waals surface area (Å²) in [6.07, 6.45) is -0.165. The Morgan fingerprint density at radius 2 is 1.73 bits per heavy atom. The van der Waals surface area contributed by atoms with Gasteiger partial charge in [0.25, 0.3) is 11.5 Å². The lowest BCUT2D eigenvalue weighted by Crippen LogP contribution is -2.32. The minimum Gasteiger partial charge on any atom is -0.493 e. The van der Waals surface area contributed by atoms with Crippen molar-refractivity contribution in [3.05, 3.63) is 64.6 Å². The number of benzene rings is 2. The van der Waals surface area contributed by atoms with Gasteiger partial charge in [-0.15, -0.1) is 0 Å². The maximum Gasteiger partial charge on any atom is 0.312 e. The molecule has 0 aliphatic carbocycles. The number of hydrogen-bond donors (Lipinski definition) is 2. The van der Waals surface area contributed by atoms with E-state index in [1.807, 2.05) is 12.1 Å². The van der Waals surface area contributed by atoms with Crippen molar-refractivity contribution in [1.29, 1.82) is 0 Å². The summed E-state index contributed by atoms with van der Waals surface area (Å²) in [5, 5.41) is 9.87. The molecule has 0 radical (unpaired) electrons. The summed E-state index contributed by atoms with van der Waals surface area (Å²) in [5.41, 5.74) is 0.0400. The van der Waals surface area contributed by atoms with Gasteiger partial charge in [0, 0.05) is 5.39 Å². The highest BCUT2D eigenvalue weighted by atomic mass is 16.5. The van der Waals surface area contributed by atoms with E-state index in [1.165, 1.54) is 0 Å². The first-order valence-electron chi connectivity index (χ1n) is 9.23. The Labute approximate surface area is 172 Å². The number of aromatic nitrogens is 2. The molecule has 0 atom stereocenters. The van der Waals surface area contributed by atoms with E-state index in [2.05, 4.69) is 15.5 Å². The highest BCUT2D eigenvalue weighted by Crippen LogP contribution is 2.25. The second-order valence-corrected chi connectivity index (χ2v) is 6.23. The molecular weight excluding hydrogens is 390 g/mol. The van der Waals surface area contributed by atoms with Crippen LogP contribution in [0.5, 0.6) is 11.5 Å². The van der Waals surface area contributed by atoms with Gasteiger partial charge in [0.1, 0.15) is 6.61 Å². The average Bonchev–Trinajstić information content (AvgIpc) is 2.77. The van der Waals surface area contributed by atoms with Crippen molar-refractivity contribution < 1.29 is 23.8 Å². The van der Waals surface area contributed by atoms with Gasteiger partial charge in [-0.3, -0.25) is 14.4 Å². The first kappa shape index (κ1) is 20.8. The van der Waals surface area contributed by atoms with E-state index in [0.717, 1.165) is 0 Å². The van der Waals surface area contributed by atoms with E-state index in [1.54, 1.807) is 43.5 Å². The van der Waals surface area contributed by atoms with E-state index in [-0.39, 0.29) is 25.1 Å². The Morgan fingerprint density at radius 3 is 2.50 bits per heavy atom. The zero-order valence-electron chi connectivity index (χ0n) is 16.3. The van der Waals surface area contributed by atoms with Crippen molar-refractivity contribution in [1.82, 2.24) is 15.5 Å². The highest BCUT2D eigenvalue weighted by molar-refractivity contribution is 5.87. The molecule has 30 heavy (non-hydrogen) atoms. The molecule has 0 aliphatic rings. The molecule has 0 saturated carbocycles. The van der Waals surface area contributed by atoms with Crippen LogP contribution in [0, 0.1) is 0 Å². The number of nitrogens with zero attached hydrogens (tertiary/aromatic N) is 1. The molecule has 0 aliphatic heterocycles. The highest BCUT2D eigenvalue weighted by Gasteiger charge is 2.13. The fourth-order valence-electron chi connectivity index (χ4n) is 2.78. The molecule has 0 spiro atoms. The van der Waals surface area contributed by atoms with Crippen LogP contribution in [0.2, 0.25) is 0 Å². The van der Waals surface area contributed by atoms with Gasteiger partial charge >= 0.3 is 5.97 Å². The third kappa shape index (κ3) is 5.34. The monoisotopic (exact) mass is 411 g/mol. The number of carbonyl (C=O) groups excluding carboxylic acids is 2. The standard InChI is InChI=1S/C21H21N3O6/c1-28-17-8-4-5-9-18(17)29-11-10-22-19(25)13-30-20(26)12-16-14-6-2-3-7-15(14)21(27)24-23-16/h2-9H,10-13H2,1H3,(H,22,25)(H,24,27). The van der Waals surface area contributed by atoms with E-state index < -0.39 is 18.5 Å². The number of para-hydroxylation sites is 2. The van der Waals surface area contributed by atoms with Crippen molar-refractivity contribution in [2.75, 3.05) is 26.9 Å². The van der Waals surface area contributed by atoms with E-state index >= 15 is 0 Å². The van der Waals surface area contributed by atoms with Crippen molar-refractivity contribution >= 4 is 22.6 Å². The van der Waals surface area contributed by atoms with E-state index in [4.69, 9.17) is 14.2 Å². The molecule has 9 nitrogen and oxygen atoms in total. The summed E-state index contributed by atoms with van der Waals surface area (Å²) >= 11 is 0. The maximum atomic E-state index is 12.1. The molecule has 0 unspecified atom stereocenters. The van der Waals surface area contributed by atoms with Crippen LogP contribution in [-0.4, -0.2) is 48.9 Å². The predicted molar refractivity (Wildman–Crippen MR) is 109 cm³/mol. The van der Waals surface area contributed by atoms with Crippen molar-refractivity contribution in [2.45, 2.75) is 6.42 Å². The van der Waals surface area contributed by atoms with Crippen LogP contribution in [0.3, 0.4) is 0 Å². The third-order valence-corrected chi connectivity index (χ3v) is 4.20. The molecule has 0 bridgehead atoms. The quantitative estimate of drug-likeness (QED) is 0.401. The van der Waals surface area contributed by atoms with Crippen molar-refractivity contribution in [2.24, 2.45) is 0 Å². The number of ether oxygens (including phenoxy) is 3. The number of fused-ring (bicyclic) bond motifs is 1. The van der Waals surface area contributed by atoms with Crippen LogP contribution in [0.15, 0.2) is 53.3 Å². The Bertz CT molecular complexity index is 1100. The number of esters is 1. The fourth-order valence-corrected chi connectivity index (χ4v) is 2.78. The summed E-state index contributed by atoms with van der Waals surface area (Å²) in [6, 6.07) is 14.0. The number of aromatic amines is 1. The molecular formula is C21H21N3O6. The fraction of sp³-hybridized carbons (Fsp3) is 0.238. The lowest BCUT2D eigenvalue weighted by Gasteiger charge is -2.11. The van der Waals surface area contributed by atoms with Crippen molar-refractivity contribution in [3.63, 3.8) is 0 Å². The summed E-state index contributed by atoms with van der Waals surface area (Å²) < 4.78 is 15.7. The van der Waals surface area contributed by atoms with Crippen LogP contribution in [0.1, 0.15) is 5.69 Å². The number of hydrogen-bond acceptors (Lipinski definition) is 7. The molecule has 2 aromatic carbocycles. The average molecular weight is 411 g/mol. The van der Waals surface area contributed by atoms with Gasteiger partial charge in [-0.25, -0.2) is 5.10 Å². The van der Waals surface area contributed by atoms with Gasteiger partial charge in [0.2, 0.25) is 0 Å². The molecule has 2 N–H and O–H groups in total. The smallest absolute Gasteiger partial charge is 0.312 e. The summed E-state index contributed by atoms with van der Waals surface area (Å²) in [4.78, 5) is 35.7. The van der Waals surface area contributed by atoms with Crippen molar-refractivity contribution in [3.8, 4) is 11.5 Å². The third-order valence-electron chi connectivity index (χ3n) is 4.20. The Balaban J connectivity index is 1.42. The summed E-state index contributed by atoms with van der Waals surface area (Å²) in [6.45, 7) is 0.0443. The number of amides is 1. The van der Waals surface area contributed by atoms with Gasteiger partial charge in [-0.05, 0) is 18.2 Å². The molecule has 9 heteroatoms. The van der Waals surface area contributed by atoms with Gasteiger partial charge in [-0.2, -0.15) is 5.10 Å². The Kier molecular flexibility index (Phi) is 6.99. The molecule has 1 heterocycles. The SMILES string of the molecule is COc1ccccc1OCCNC(=O)COC(=O)Cc1n[nH]c(=O)c2ccccc12. The van der Waals surface area contributed by atoms with Crippen LogP contribution in [0.4, 0.5) is 0 Å². The van der Waals surface area contributed by atoms with Gasteiger partial charge in [0.05, 0.1) is 31.2 Å². The number of methoxy groups -OCH3 is 1. The Morgan fingerprint density at radius 1 is 1.03 bits per heavy atom. The zero-order valence-corrected chi connectivity index (χ0v) is 16.3.